The van der Waals surface area contributed by atoms with E-state index in [0.717, 1.165) is 25.9 Å². The van der Waals surface area contributed by atoms with Gasteiger partial charge in [0.2, 0.25) is 0 Å². The van der Waals surface area contributed by atoms with Gasteiger partial charge in [-0.1, -0.05) is 33.6 Å². The van der Waals surface area contributed by atoms with Gasteiger partial charge in [-0.3, -0.25) is 4.68 Å². The molecule has 0 unspecified atom stereocenters. The second-order valence-electron chi connectivity index (χ2n) is 6.80. The number of nitrogens with zero attached hydrogens (tertiary/aromatic N) is 2. The lowest BCUT2D eigenvalue weighted by Gasteiger charge is -2.31. The van der Waals surface area contributed by atoms with Crippen molar-refractivity contribution in [3.05, 3.63) is 15.9 Å². The van der Waals surface area contributed by atoms with Crippen LogP contribution in [-0.2, 0) is 19.4 Å². The van der Waals surface area contributed by atoms with Gasteiger partial charge in [0.1, 0.15) is 0 Å². The molecule has 120 valence electrons. The number of rotatable bonds is 7. The summed E-state index contributed by atoms with van der Waals surface area (Å²) in [4.78, 5) is 0. The Labute approximate surface area is 138 Å². The summed E-state index contributed by atoms with van der Waals surface area (Å²) in [6.07, 6.45) is 7.58. The smallest absolute Gasteiger partial charge is 0.0766 e. The molecular weight excluding hydrogens is 326 g/mol. The first-order chi connectivity index (χ1) is 10.0. The highest BCUT2D eigenvalue weighted by Crippen LogP contribution is 2.42. The maximum absolute atomic E-state index is 4.76. The minimum absolute atomic E-state index is 0.421. The van der Waals surface area contributed by atoms with Gasteiger partial charge in [-0.15, -0.1) is 0 Å². The van der Waals surface area contributed by atoms with Crippen LogP contribution in [0.25, 0.3) is 0 Å². The second-order valence-corrected chi connectivity index (χ2v) is 7.59. The summed E-state index contributed by atoms with van der Waals surface area (Å²) in [6.45, 7) is 10.9. The average molecular weight is 356 g/mol. The van der Waals surface area contributed by atoms with E-state index in [4.69, 9.17) is 5.10 Å². The standard InChI is InChI=1S/C17H30BrN3/c1-5-14-16(18)15(21(6-2)20-14)11-17(9-7-8-10-17)12-19-13(3)4/h13,19H,5-12H2,1-4H3. The summed E-state index contributed by atoms with van der Waals surface area (Å²) in [5.74, 6) is 0. The quantitative estimate of drug-likeness (QED) is 0.788. The molecule has 2 rings (SSSR count). The number of hydrogen-bond acceptors (Lipinski definition) is 2. The van der Waals surface area contributed by atoms with Gasteiger partial charge in [-0.2, -0.15) is 5.10 Å². The van der Waals surface area contributed by atoms with Crippen molar-refractivity contribution >= 4 is 15.9 Å². The molecule has 1 N–H and O–H groups in total. The molecule has 1 aromatic heterocycles. The van der Waals surface area contributed by atoms with E-state index in [-0.39, 0.29) is 0 Å². The Kier molecular flexibility index (Phi) is 5.89. The number of aryl methyl sites for hydroxylation is 2. The third-order valence-electron chi connectivity index (χ3n) is 4.79. The van der Waals surface area contributed by atoms with E-state index >= 15 is 0 Å². The highest BCUT2D eigenvalue weighted by atomic mass is 79.9. The maximum Gasteiger partial charge on any atom is 0.0766 e. The van der Waals surface area contributed by atoms with Crippen LogP contribution >= 0.6 is 15.9 Å². The molecular formula is C17H30BrN3. The molecule has 1 heterocycles. The van der Waals surface area contributed by atoms with Crippen LogP contribution in [0.4, 0.5) is 0 Å². The lowest BCUT2D eigenvalue weighted by molar-refractivity contribution is 0.262. The Bertz CT molecular complexity index is 459. The van der Waals surface area contributed by atoms with Gasteiger partial charge in [0.05, 0.1) is 15.9 Å². The van der Waals surface area contributed by atoms with E-state index in [1.807, 2.05) is 0 Å². The van der Waals surface area contributed by atoms with Crippen LogP contribution in [0, 0.1) is 5.41 Å². The van der Waals surface area contributed by atoms with Crippen LogP contribution in [0.3, 0.4) is 0 Å². The zero-order valence-electron chi connectivity index (χ0n) is 14.0. The van der Waals surface area contributed by atoms with Crippen LogP contribution in [0.5, 0.6) is 0 Å². The third kappa shape index (κ3) is 3.89. The van der Waals surface area contributed by atoms with Crippen molar-refractivity contribution in [3.8, 4) is 0 Å². The van der Waals surface area contributed by atoms with Crippen molar-refractivity contribution in [2.45, 2.75) is 78.8 Å². The molecule has 1 aromatic rings. The van der Waals surface area contributed by atoms with Gasteiger partial charge < -0.3 is 5.32 Å². The number of hydrogen-bond donors (Lipinski definition) is 1. The summed E-state index contributed by atoms with van der Waals surface area (Å²) in [5.41, 5.74) is 3.03. The molecule has 21 heavy (non-hydrogen) atoms. The number of nitrogens with one attached hydrogen (secondary N) is 1. The largest absolute Gasteiger partial charge is 0.314 e. The summed E-state index contributed by atoms with van der Waals surface area (Å²) in [6, 6.07) is 0.563. The minimum atomic E-state index is 0.421. The Morgan fingerprint density at radius 2 is 1.95 bits per heavy atom. The van der Waals surface area contributed by atoms with Crippen molar-refractivity contribution in [3.63, 3.8) is 0 Å². The topological polar surface area (TPSA) is 29.9 Å². The lowest BCUT2D eigenvalue weighted by atomic mass is 9.81. The molecule has 0 radical (unpaired) electrons. The Morgan fingerprint density at radius 1 is 1.29 bits per heavy atom. The van der Waals surface area contributed by atoms with Gasteiger partial charge >= 0.3 is 0 Å². The van der Waals surface area contributed by atoms with E-state index in [0.29, 0.717) is 11.5 Å². The van der Waals surface area contributed by atoms with E-state index < -0.39 is 0 Å². The van der Waals surface area contributed by atoms with Gasteiger partial charge in [0, 0.05) is 19.1 Å². The first-order valence-corrected chi connectivity index (χ1v) is 9.28. The van der Waals surface area contributed by atoms with Gasteiger partial charge in [-0.05, 0) is 54.0 Å². The van der Waals surface area contributed by atoms with Crippen molar-refractivity contribution in [1.82, 2.24) is 15.1 Å². The Morgan fingerprint density at radius 3 is 2.48 bits per heavy atom. The molecule has 4 heteroatoms. The molecule has 0 saturated heterocycles. The molecule has 1 saturated carbocycles. The fraction of sp³-hybridized carbons (Fsp3) is 0.824. The normalized spacial score (nSPS) is 17.8. The first kappa shape index (κ1) is 17.0. The summed E-state index contributed by atoms with van der Waals surface area (Å²) < 4.78 is 3.46. The SMILES string of the molecule is CCc1nn(CC)c(CC2(CNC(C)C)CCCC2)c1Br. The van der Waals surface area contributed by atoms with Crippen molar-refractivity contribution < 1.29 is 0 Å². The van der Waals surface area contributed by atoms with Crippen LogP contribution in [0.15, 0.2) is 4.47 Å². The van der Waals surface area contributed by atoms with Gasteiger partial charge in [0.25, 0.3) is 0 Å². The van der Waals surface area contributed by atoms with E-state index in [1.54, 1.807) is 0 Å². The molecule has 1 fully saturated rings. The molecule has 1 aliphatic rings. The van der Waals surface area contributed by atoms with Crippen LogP contribution in [0.1, 0.15) is 64.8 Å². The molecule has 0 aromatic carbocycles. The fourth-order valence-corrected chi connectivity index (χ4v) is 4.21. The van der Waals surface area contributed by atoms with E-state index in [9.17, 15) is 0 Å². The highest BCUT2D eigenvalue weighted by Gasteiger charge is 2.35. The number of halogens is 1. The van der Waals surface area contributed by atoms with Gasteiger partial charge in [0.15, 0.2) is 0 Å². The molecule has 0 bridgehead atoms. The van der Waals surface area contributed by atoms with Crippen molar-refractivity contribution in [1.29, 1.82) is 0 Å². The monoisotopic (exact) mass is 355 g/mol. The highest BCUT2D eigenvalue weighted by molar-refractivity contribution is 9.10. The van der Waals surface area contributed by atoms with Gasteiger partial charge in [-0.25, -0.2) is 0 Å². The molecule has 1 aliphatic carbocycles. The zero-order chi connectivity index (χ0) is 15.5. The second kappa shape index (κ2) is 7.28. The maximum atomic E-state index is 4.76. The molecule has 0 atom stereocenters. The Balaban J connectivity index is 2.22. The average Bonchev–Trinajstić information content (AvgIpc) is 3.04. The van der Waals surface area contributed by atoms with Crippen LogP contribution in [0.2, 0.25) is 0 Å². The minimum Gasteiger partial charge on any atom is -0.314 e. The Hall–Kier alpha value is -0.350. The molecule has 3 nitrogen and oxygen atoms in total. The first-order valence-electron chi connectivity index (χ1n) is 8.48. The van der Waals surface area contributed by atoms with E-state index in [2.05, 4.69) is 53.6 Å². The summed E-state index contributed by atoms with van der Waals surface area (Å²) in [7, 11) is 0. The number of aromatic nitrogens is 2. The molecule has 0 aliphatic heterocycles. The molecule has 0 amide bonds. The third-order valence-corrected chi connectivity index (χ3v) is 5.70. The fourth-order valence-electron chi connectivity index (χ4n) is 3.50. The van der Waals surface area contributed by atoms with Crippen LogP contribution < -0.4 is 5.32 Å². The van der Waals surface area contributed by atoms with E-state index in [1.165, 1.54) is 41.5 Å². The summed E-state index contributed by atoms with van der Waals surface area (Å²) >= 11 is 3.81. The van der Waals surface area contributed by atoms with Crippen molar-refractivity contribution in [2.24, 2.45) is 5.41 Å². The predicted octanol–water partition coefficient (Wildman–Crippen LogP) is 4.33. The predicted molar refractivity (Wildman–Crippen MR) is 92.7 cm³/mol. The molecule has 0 spiro atoms. The lowest BCUT2D eigenvalue weighted by Crippen LogP contribution is -2.37. The van der Waals surface area contributed by atoms with Crippen LogP contribution in [-0.4, -0.2) is 22.4 Å². The van der Waals surface area contributed by atoms with Crippen molar-refractivity contribution in [2.75, 3.05) is 6.54 Å². The zero-order valence-corrected chi connectivity index (χ0v) is 15.6. The summed E-state index contributed by atoms with van der Waals surface area (Å²) in [5, 5.41) is 8.45.